The first-order valence-electron chi connectivity index (χ1n) is 6.65. The number of nitrogens with zero attached hydrogens (tertiary/aromatic N) is 2. The molecule has 2 aromatic rings. The monoisotopic (exact) mass is 255 g/mol. The molecule has 0 fully saturated rings. The van der Waals surface area contributed by atoms with Crippen LogP contribution >= 0.6 is 0 Å². The first-order valence-corrected chi connectivity index (χ1v) is 6.65. The van der Waals surface area contributed by atoms with Gasteiger partial charge in [0.15, 0.2) is 0 Å². The van der Waals surface area contributed by atoms with E-state index in [0.717, 1.165) is 30.9 Å². The van der Waals surface area contributed by atoms with Crippen molar-refractivity contribution in [3.63, 3.8) is 0 Å². The third-order valence-corrected chi connectivity index (χ3v) is 3.35. The van der Waals surface area contributed by atoms with Crippen LogP contribution in [0.3, 0.4) is 0 Å². The lowest BCUT2D eigenvalue weighted by molar-refractivity contribution is 0.271. The van der Waals surface area contributed by atoms with Crippen molar-refractivity contribution >= 4 is 5.69 Å². The summed E-state index contributed by atoms with van der Waals surface area (Å²) in [6, 6.07) is 10.4. The van der Waals surface area contributed by atoms with Gasteiger partial charge in [0.2, 0.25) is 0 Å². The summed E-state index contributed by atoms with van der Waals surface area (Å²) in [7, 11) is 0. The fourth-order valence-electron chi connectivity index (χ4n) is 2.07. The van der Waals surface area contributed by atoms with Gasteiger partial charge in [0, 0.05) is 31.2 Å². The maximum absolute atomic E-state index is 5.96. The number of aryl methyl sites for hydroxylation is 1. The van der Waals surface area contributed by atoms with Gasteiger partial charge in [0.05, 0.1) is 0 Å². The van der Waals surface area contributed by atoms with E-state index in [9.17, 15) is 0 Å². The summed E-state index contributed by atoms with van der Waals surface area (Å²) in [5.74, 6) is 0. The van der Waals surface area contributed by atoms with Crippen LogP contribution in [0.2, 0.25) is 0 Å². The highest BCUT2D eigenvalue weighted by atomic mass is 15.1. The Hall–Kier alpha value is -1.87. The normalized spacial score (nSPS) is 10.9. The van der Waals surface area contributed by atoms with E-state index in [0.29, 0.717) is 0 Å². The second-order valence-corrected chi connectivity index (χ2v) is 4.85. The SMILES string of the molecule is CCN(Cc1ccncc1)Cc1ccc(C)c(N)c1. The van der Waals surface area contributed by atoms with Gasteiger partial charge < -0.3 is 5.73 Å². The van der Waals surface area contributed by atoms with Crippen LogP contribution in [0.1, 0.15) is 23.6 Å². The molecule has 0 aliphatic heterocycles. The van der Waals surface area contributed by atoms with Crippen LogP contribution in [0.25, 0.3) is 0 Å². The molecule has 19 heavy (non-hydrogen) atoms. The molecule has 0 aliphatic carbocycles. The lowest BCUT2D eigenvalue weighted by Crippen LogP contribution is -2.22. The van der Waals surface area contributed by atoms with Crippen LogP contribution in [-0.2, 0) is 13.1 Å². The lowest BCUT2D eigenvalue weighted by Gasteiger charge is -2.21. The first-order chi connectivity index (χ1) is 9.19. The Morgan fingerprint density at radius 3 is 2.37 bits per heavy atom. The van der Waals surface area contributed by atoms with Crippen LogP contribution in [0.4, 0.5) is 5.69 Å². The number of aromatic nitrogens is 1. The fourth-order valence-corrected chi connectivity index (χ4v) is 2.07. The van der Waals surface area contributed by atoms with Crippen LogP contribution in [0, 0.1) is 6.92 Å². The standard InChI is InChI=1S/C16H21N3/c1-3-19(11-14-6-8-18-9-7-14)12-15-5-4-13(2)16(17)10-15/h4-10H,3,11-12,17H2,1-2H3. The molecule has 0 aliphatic rings. The molecule has 100 valence electrons. The molecule has 0 saturated heterocycles. The molecule has 0 radical (unpaired) electrons. The average Bonchev–Trinajstić information content (AvgIpc) is 2.43. The summed E-state index contributed by atoms with van der Waals surface area (Å²) in [6.07, 6.45) is 3.68. The second-order valence-electron chi connectivity index (χ2n) is 4.85. The summed E-state index contributed by atoms with van der Waals surface area (Å²) in [5.41, 5.74) is 10.5. The predicted octanol–water partition coefficient (Wildman–Crippen LogP) is 2.99. The number of hydrogen-bond acceptors (Lipinski definition) is 3. The maximum atomic E-state index is 5.96. The van der Waals surface area contributed by atoms with Crippen molar-refractivity contribution < 1.29 is 0 Å². The van der Waals surface area contributed by atoms with Crippen LogP contribution in [0.15, 0.2) is 42.7 Å². The summed E-state index contributed by atoms with van der Waals surface area (Å²) in [4.78, 5) is 6.44. The van der Waals surface area contributed by atoms with E-state index in [1.54, 1.807) is 0 Å². The van der Waals surface area contributed by atoms with Gasteiger partial charge >= 0.3 is 0 Å². The van der Waals surface area contributed by atoms with Crippen molar-refractivity contribution in [2.75, 3.05) is 12.3 Å². The predicted molar refractivity (Wildman–Crippen MR) is 79.6 cm³/mol. The molecular weight excluding hydrogens is 234 g/mol. The third-order valence-electron chi connectivity index (χ3n) is 3.35. The average molecular weight is 255 g/mol. The molecule has 3 heteroatoms. The van der Waals surface area contributed by atoms with Crippen molar-refractivity contribution in [3.05, 3.63) is 59.4 Å². The van der Waals surface area contributed by atoms with Gasteiger partial charge in [0.25, 0.3) is 0 Å². The van der Waals surface area contributed by atoms with E-state index in [4.69, 9.17) is 5.73 Å². The molecular formula is C16H21N3. The van der Waals surface area contributed by atoms with Gasteiger partial charge in [0.1, 0.15) is 0 Å². The van der Waals surface area contributed by atoms with Gasteiger partial charge in [-0.2, -0.15) is 0 Å². The van der Waals surface area contributed by atoms with Crippen molar-refractivity contribution in [1.82, 2.24) is 9.88 Å². The largest absolute Gasteiger partial charge is 0.399 e. The van der Waals surface area contributed by atoms with Crippen LogP contribution in [-0.4, -0.2) is 16.4 Å². The zero-order valence-corrected chi connectivity index (χ0v) is 11.6. The molecule has 1 heterocycles. The Kier molecular flexibility index (Phi) is 4.53. The number of benzene rings is 1. The summed E-state index contributed by atoms with van der Waals surface area (Å²) in [5, 5.41) is 0. The number of nitrogens with two attached hydrogens (primary N) is 1. The smallest absolute Gasteiger partial charge is 0.0346 e. The van der Waals surface area contributed by atoms with Gasteiger partial charge in [-0.3, -0.25) is 9.88 Å². The topological polar surface area (TPSA) is 42.2 Å². The molecule has 2 N–H and O–H groups in total. The zero-order chi connectivity index (χ0) is 13.7. The minimum Gasteiger partial charge on any atom is -0.399 e. The molecule has 2 rings (SSSR count). The Labute approximate surface area is 115 Å². The Bertz CT molecular complexity index is 523. The molecule has 1 aromatic carbocycles. The molecule has 0 saturated carbocycles. The van der Waals surface area contributed by atoms with Gasteiger partial charge in [-0.1, -0.05) is 19.1 Å². The lowest BCUT2D eigenvalue weighted by atomic mass is 10.1. The molecule has 3 nitrogen and oxygen atoms in total. The van der Waals surface area contributed by atoms with Crippen molar-refractivity contribution in [3.8, 4) is 0 Å². The second kappa shape index (κ2) is 6.34. The van der Waals surface area contributed by atoms with E-state index in [1.165, 1.54) is 11.1 Å². The van der Waals surface area contributed by atoms with Gasteiger partial charge in [-0.25, -0.2) is 0 Å². The molecule has 0 bridgehead atoms. The van der Waals surface area contributed by atoms with E-state index in [-0.39, 0.29) is 0 Å². The molecule has 1 aromatic heterocycles. The summed E-state index contributed by atoms with van der Waals surface area (Å²) < 4.78 is 0. The number of hydrogen-bond donors (Lipinski definition) is 1. The van der Waals surface area contributed by atoms with E-state index >= 15 is 0 Å². The van der Waals surface area contributed by atoms with E-state index < -0.39 is 0 Å². The first kappa shape index (κ1) is 13.6. The third kappa shape index (κ3) is 3.80. The Balaban J connectivity index is 2.04. The van der Waals surface area contributed by atoms with Crippen LogP contribution < -0.4 is 5.73 Å². The Morgan fingerprint density at radius 1 is 1.05 bits per heavy atom. The minimum atomic E-state index is 0.873. The summed E-state index contributed by atoms with van der Waals surface area (Å²) in [6.45, 7) is 7.08. The zero-order valence-electron chi connectivity index (χ0n) is 11.6. The quantitative estimate of drug-likeness (QED) is 0.835. The van der Waals surface area contributed by atoms with E-state index in [1.807, 2.05) is 19.3 Å². The number of pyridine rings is 1. The van der Waals surface area contributed by atoms with Crippen molar-refractivity contribution in [1.29, 1.82) is 0 Å². The number of nitrogen functional groups attached to an aromatic ring is 1. The fraction of sp³-hybridized carbons (Fsp3) is 0.312. The van der Waals surface area contributed by atoms with Gasteiger partial charge in [-0.15, -0.1) is 0 Å². The molecule has 0 amide bonds. The van der Waals surface area contributed by atoms with Crippen molar-refractivity contribution in [2.45, 2.75) is 26.9 Å². The maximum Gasteiger partial charge on any atom is 0.0346 e. The minimum absolute atomic E-state index is 0.873. The molecule has 0 spiro atoms. The summed E-state index contributed by atoms with van der Waals surface area (Å²) >= 11 is 0. The molecule has 0 unspecified atom stereocenters. The van der Waals surface area contributed by atoms with Gasteiger partial charge in [-0.05, 0) is 48.4 Å². The van der Waals surface area contributed by atoms with E-state index in [2.05, 4.69) is 47.1 Å². The highest BCUT2D eigenvalue weighted by molar-refractivity contribution is 5.48. The Morgan fingerprint density at radius 2 is 1.74 bits per heavy atom. The number of rotatable bonds is 5. The highest BCUT2D eigenvalue weighted by Crippen LogP contribution is 2.15. The molecule has 0 atom stereocenters. The number of anilines is 1. The van der Waals surface area contributed by atoms with Crippen LogP contribution in [0.5, 0.6) is 0 Å². The highest BCUT2D eigenvalue weighted by Gasteiger charge is 2.06. The van der Waals surface area contributed by atoms with Crippen molar-refractivity contribution in [2.24, 2.45) is 0 Å².